The van der Waals surface area contributed by atoms with E-state index in [4.69, 9.17) is 0 Å². The summed E-state index contributed by atoms with van der Waals surface area (Å²) < 4.78 is 0. The number of benzene rings is 2. The highest BCUT2D eigenvalue weighted by molar-refractivity contribution is 6.24. The highest BCUT2D eigenvalue weighted by atomic mass is 16.2. The number of nitrogens with zero attached hydrogens (tertiary/aromatic N) is 2. The number of carbonyl (C=O) groups excluding carboxylic acids is 3. The van der Waals surface area contributed by atoms with Gasteiger partial charge in [-0.2, -0.15) is 0 Å². The summed E-state index contributed by atoms with van der Waals surface area (Å²) in [5, 5.41) is 0. The van der Waals surface area contributed by atoms with E-state index in [1.807, 2.05) is 49.4 Å². The van der Waals surface area contributed by atoms with Gasteiger partial charge in [0, 0.05) is 12.1 Å². The zero-order valence-corrected chi connectivity index (χ0v) is 15.4. The minimum atomic E-state index is -0.633. The molecule has 2 aromatic rings. The fourth-order valence-electron chi connectivity index (χ4n) is 5.03. The molecule has 0 spiro atoms. The normalized spacial score (nSPS) is 30.0. The fraction of sp³-hybridized carbons (Fsp3) is 0.261. The second-order valence-corrected chi connectivity index (χ2v) is 7.63. The number of carbonyl (C=O) groups is 3. The Bertz CT molecular complexity index is 985. The number of hydrogen-bond acceptors (Lipinski definition) is 4. The number of hydrogen-bond donors (Lipinski definition) is 0. The van der Waals surface area contributed by atoms with Gasteiger partial charge in [0.15, 0.2) is 5.78 Å². The molecule has 2 amide bonds. The fourth-order valence-corrected chi connectivity index (χ4v) is 5.03. The van der Waals surface area contributed by atoms with Crippen LogP contribution in [0.4, 0.5) is 5.69 Å². The lowest BCUT2D eigenvalue weighted by Gasteiger charge is -2.38. The minimum absolute atomic E-state index is 0.0681. The topological polar surface area (TPSA) is 57.7 Å². The standard InChI is InChI=1S/C23H20N2O3/c1-14(15-8-4-2-5-9-15)24-17-12-13-18(26)21(24)20-19(17)22(27)25(23(20)28)16-10-6-3-7-11-16/h2-14,17,19-21H,1H3. The van der Waals surface area contributed by atoms with Crippen LogP contribution in [-0.2, 0) is 14.4 Å². The Morgan fingerprint density at radius 1 is 0.821 bits per heavy atom. The number of anilines is 1. The molecule has 5 unspecified atom stereocenters. The molecule has 28 heavy (non-hydrogen) atoms. The van der Waals surface area contributed by atoms with Crippen molar-refractivity contribution in [2.45, 2.75) is 25.0 Å². The van der Waals surface area contributed by atoms with Gasteiger partial charge in [-0.25, -0.2) is 4.90 Å². The van der Waals surface area contributed by atoms with Gasteiger partial charge in [-0.1, -0.05) is 54.6 Å². The first-order valence-electron chi connectivity index (χ1n) is 9.57. The quantitative estimate of drug-likeness (QED) is 0.778. The van der Waals surface area contributed by atoms with E-state index in [-0.39, 0.29) is 29.7 Å². The summed E-state index contributed by atoms with van der Waals surface area (Å²) in [5.41, 5.74) is 1.64. The highest BCUT2D eigenvalue weighted by Gasteiger charge is 2.65. The van der Waals surface area contributed by atoms with Crippen LogP contribution in [0.1, 0.15) is 18.5 Å². The maximum absolute atomic E-state index is 13.3. The molecule has 0 aliphatic carbocycles. The van der Waals surface area contributed by atoms with Gasteiger partial charge < -0.3 is 0 Å². The largest absolute Gasteiger partial charge is 0.293 e. The Labute approximate surface area is 163 Å². The first-order valence-corrected chi connectivity index (χ1v) is 9.57. The SMILES string of the molecule is CC(c1ccccc1)N1C2C=CC(=O)C1C1C(=O)N(c3ccccc3)C(=O)C12. The Balaban J connectivity index is 1.56. The molecule has 2 fully saturated rings. The van der Waals surface area contributed by atoms with Crippen LogP contribution in [0, 0.1) is 11.8 Å². The van der Waals surface area contributed by atoms with Crippen molar-refractivity contribution >= 4 is 23.3 Å². The number of rotatable bonds is 3. The third-order valence-electron chi connectivity index (χ3n) is 6.26. The van der Waals surface area contributed by atoms with Gasteiger partial charge in [0.05, 0.1) is 23.6 Å². The summed E-state index contributed by atoms with van der Waals surface area (Å²) in [7, 11) is 0. The Hall–Kier alpha value is -3.05. The molecule has 3 heterocycles. The lowest BCUT2D eigenvalue weighted by Crippen LogP contribution is -2.50. The summed E-state index contributed by atoms with van der Waals surface area (Å²) in [6.07, 6.45) is 3.36. The van der Waals surface area contributed by atoms with Crippen molar-refractivity contribution in [1.29, 1.82) is 0 Å². The molecule has 3 aliphatic heterocycles. The first-order chi connectivity index (χ1) is 13.6. The lowest BCUT2D eigenvalue weighted by atomic mass is 9.90. The average Bonchev–Trinajstić information content (AvgIpc) is 3.14. The van der Waals surface area contributed by atoms with Crippen molar-refractivity contribution in [2.75, 3.05) is 4.90 Å². The van der Waals surface area contributed by atoms with E-state index in [1.54, 1.807) is 30.3 Å². The molecule has 3 aliphatic rings. The van der Waals surface area contributed by atoms with E-state index in [9.17, 15) is 14.4 Å². The smallest absolute Gasteiger partial charge is 0.239 e. The van der Waals surface area contributed by atoms with E-state index >= 15 is 0 Å². The van der Waals surface area contributed by atoms with E-state index in [0.717, 1.165) is 5.56 Å². The summed E-state index contributed by atoms with van der Waals surface area (Å²) in [4.78, 5) is 42.7. The summed E-state index contributed by atoms with van der Waals surface area (Å²) in [6.45, 7) is 2.03. The zero-order valence-electron chi connectivity index (χ0n) is 15.4. The molecular formula is C23H20N2O3. The Morgan fingerprint density at radius 3 is 2.11 bits per heavy atom. The Kier molecular flexibility index (Phi) is 3.81. The minimum Gasteiger partial charge on any atom is -0.293 e. The zero-order chi connectivity index (χ0) is 19.4. The maximum Gasteiger partial charge on any atom is 0.239 e. The molecule has 5 nitrogen and oxygen atoms in total. The van der Waals surface area contributed by atoms with Crippen molar-refractivity contribution in [1.82, 2.24) is 4.90 Å². The van der Waals surface area contributed by atoms with Gasteiger partial charge in [-0.15, -0.1) is 0 Å². The van der Waals surface area contributed by atoms with E-state index in [0.29, 0.717) is 5.69 Å². The molecule has 0 N–H and O–H groups in total. The second-order valence-electron chi connectivity index (χ2n) is 7.63. The summed E-state index contributed by atoms with van der Waals surface area (Å²) in [5.74, 6) is -1.73. The number of amides is 2. The summed E-state index contributed by atoms with van der Waals surface area (Å²) >= 11 is 0. The molecule has 5 rings (SSSR count). The Morgan fingerprint density at radius 2 is 1.43 bits per heavy atom. The molecule has 2 saturated heterocycles. The third-order valence-corrected chi connectivity index (χ3v) is 6.26. The number of fused-ring (bicyclic) bond motifs is 5. The van der Waals surface area contributed by atoms with Crippen molar-refractivity contribution in [3.63, 3.8) is 0 Å². The van der Waals surface area contributed by atoms with Crippen LogP contribution in [0.5, 0.6) is 0 Å². The van der Waals surface area contributed by atoms with E-state index in [1.165, 1.54) is 4.90 Å². The van der Waals surface area contributed by atoms with Gasteiger partial charge in [0.1, 0.15) is 0 Å². The first kappa shape index (κ1) is 17.1. The third kappa shape index (κ3) is 2.26. The monoisotopic (exact) mass is 372 g/mol. The van der Waals surface area contributed by atoms with Crippen molar-refractivity contribution in [3.8, 4) is 0 Å². The molecule has 0 radical (unpaired) electrons. The summed E-state index contributed by atoms with van der Waals surface area (Å²) in [6, 6.07) is 18.0. The van der Waals surface area contributed by atoms with Crippen LogP contribution < -0.4 is 4.90 Å². The van der Waals surface area contributed by atoms with Gasteiger partial charge in [0.25, 0.3) is 0 Å². The van der Waals surface area contributed by atoms with Crippen LogP contribution in [0.2, 0.25) is 0 Å². The molecule has 2 bridgehead atoms. The van der Waals surface area contributed by atoms with Gasteiger partial charge >= 0.3 is 0 Å². The van der Waals surface area contributed by atoms with Crippen LogP contribution in [0.25, 0.3) is 0 Å². The van der Waals surface area contributed by atoms with E-state index < -0.39 is 17.9 Å². The molecule has 5 atom stereocenters. The molecule has 0 saturated carbocycles. The molecule has 0 aromatic heterocycles. The van der Waals surface area contributed by atoms with Crippen LogP contribution in [-0.4, -0.2) is 34.6 Å². The van der Waals surface area contributed by atoms with Crippen LogP contribution in [0.3, 0.4) is 0 Å². The van der Waals surface area contributed by atoms with Gasteiger partial charge in [0.2, 0.25) is 11.8 Å². The van der Waals surface area contributed by atoms with Crippen molar-refractivity contribution in [3.05, 3.63) is 78.4 Å². The predicted molar refractivity (Wildman–Crippen MR) is 104 cm³/mol. The highest BCUT2D eigenvalue weighted by Crippen LogP contribution is 2.49. The second kappa shape index (κ2) is 6.24. The molecular weight excluding hydrogens is 352 g/mol. The van der Waals surface area contributed by atoms with Crippen molar-refractivity contribution < 1.29 is 14.4 Å². The molecule has 2 aromatic carbocycles. The molecule has 140 valence electrons. The molecule has 5 heteroatoms. The predicted octanol–water partition coefficient (Wildman–Crippen LogP) is 2.75. The number of para-hydroxylation sites is 1. The average molecular weight is 372 g/mol. The van der Waals surface area contributed by atoms with Gasteiger partial charge in [-0.3, -0.25) is 19.3 Å². The van der Waals surface area contributed by atoms with E-state index in [2.05, 4.69) is 4.90 Å². The lowest BCUT2D eigenvalue weighted by molar-refractivity contribution is -0.129. The van der Waals surface area contributed by atoms with Crippen LogP contribution in [0.15, 0.2) is 72.8 Å². The van der Waals surface area contributed by atoms with Gasteiger partial charge in [-0.05, 0) is 30.7 Å². The maximum atomic E-state index is 13.3. The van der Waals surface area contributed by atoms with Crippen LogP contribution >= 0.6 is 0 Å². The number of ketones is 1. The number of imide groups is 1. The van der Waals surface area contributed by atoms with Crippen molar-refractivity contribution in [2.24, 2.45) is 11.8 Å².